The van der Waals surface area contributed by atoms with E-state index < -0.39 is 0 Å². The SMILES string of the molecule is c1ccc(-c2nn(-c3ccccc3)c3oncc23)cc1. The average Bonchev–Trinajstić information content (AvgIpc) is 3.11. The second-order valence-corrected chi connectivity index (χ2v) is 4.51. The largest absolute Gasteiger partial charge is 0.336 e. The van der Waals surface area contributed by atoms with Crippen molar-refractivity contribution in [3.8, 4) is 16.9 Å². The number of hydrogen-bond acceptors (Lipinski definition) is 3. The van der Waals surface area contributed by atoms with Gasteiger partial charge in [0.15, 0.2) is 0 Å². The van der Waals surface area contributed by atoms with E-state index in [1.165, 1.54) is 0 Å². The van der Waals surface area contributed by atoms with Crippen molar-refractivity contribution >= 4 is 11.1 Å². The Kier molecular flexibility index (Phi) is 2.39. The molecule has 4 rings (SSSR count). The summed E-state index contributed by atoms with van der Waals surface area (Å²) in [5.74, 6) is 0. The lowest BCUT2D eigenvalue weighted by molar-refractivity contribution is 0.439. The molecule has 0 aliphatic rings. The summed E-state index contributed by atoms with van der Waals surface area (Å²) in [5, 5.41) is 9.49. The lowest BCUT2D eigenvalue weighted by atomic mass is 10.1. The maximum atomic E-state index is 5.36. The van der Waals surface area contributed by atoms with E-state index in [-0.39, 0.29) is 0 Å². The molecule has 0 radical (unpaired) electrons. The van der Waals surface area contributed by atoms with Crippen LogP contribution in [0.15, 0.2) is 71.4 Å². The number of para-hydroxylation sites is 1. The monoisotopic (exact) mass is 261 g/mol. The zero-order chi connectivity index (χ0) is 13.4. The molecule has 0 fully saturated rings. The van der Waals surface area contributed by atoms with Gasteiger partial charge in [0.2, 0.25) is 0 Å². The van der Waals surface area contributed by atoms with Crippen molar-refractivity contribution in [2.45, 2.75) is 0 Å². The molecule has 96 valence electrons. The van der Waals surface area contributed by atoms with E-state index in [0.717, 1.165) is 22.3 Å². The van der Waals surface area contributed by atoms with Crippen molar-refractivity contribution in [2.75, 3.05) is 0 Å². The van der Waals surface area contributed by atoms with E-state index in [1.54, 1.807) is 10.9 Å². The third-order valence-electron chi connectivity index (χ3n) is 3.25. The van der Waals surface area contributed by atoms with Crippen molar-refractivity contribution in [3.05, 3.63) is 66.9 Å². The molecule has 0 aliphatic heterocycles. The van der Waals surface area contributed by atoms with Crippen LogP contribution in [0.1, 0.15) is 0 Å². The van der Waals surface area contributed by atoms with Gasteiger partial charge >= 0.3 is 0 Å². The fraction of sp³-hybridized carbons (Fsp3) is 0. The smallest absolute Gasteiger partial charge is 0.261 e. The van der Waals surface area contributed by atoms with E-state index in [0.29, 0.717) is 5.71 Å². The van der Waals surface area contributed by atoms with Crippen molar-refractivity contribution in [3.63, 3.8) is 0 Å². The third-order valence-corrected chi connectivity index (χ3v) is 3.25. The van der Waals surface area contributed by atoms with Gasteiger partial charge in [0.25, 0.3) is 5.71 Å². The summed E-state index contributed by atoms with van der Waals surface area (Å²) < 4.78 is 7.14. The molecule has 0 N–H and O–H groups in total. The highest BCUT2D eigenvalue weighted by molar-refractivity contribution is 5.90. The summed E-state index contributed by atoms with van der Waals surface area (Å²) in [6, 6.07) is 19.9. The molecule has 0 aliphatic carbocycles. The van der Waals surface area contributed by atoms with E-state index >= 15 is 0 Å². The Bertz CT molecular complexity index is 778. The number of nitrogens with zero attached hydrogens (tertiary/aromatic N) is 3. The number of aromatic nitrogens is 3. The molecule has 0 spiro atoms. The van der Waals surface area contributed by atoms with Crippen LogP contribution in [0, 0.1) is 0 Å². The van der Waals surface area contributed by atoms with Crippen LogP contribution in [-0.2, 0) is 0 Å². The van der Waals surface area contributed by atoms with Gasteiger partial charge in [0.1, 0.15) is 5.69 Å². The second kappa shape index (κ2) is 4.35. The topological polar surface area (TPSA) is 43.9 Å². The van der Waals surface area contributed by atoms with Gasteiger partial charge in [-0.2, -0.15) is 9.78 Å². The fourth-order valence-corrected chi connectivity index (χ4v) is 2.30. The molecule has 20 heavy (non-hydrogen) atoms. The van der Waals surface area contributed by atoms with Crippen molar-refractivity contribution in [1.82, 2.24) is 14.9 Å². The lowest BCUT2D eigenvalue weighted by Crippen LogP contribution is -1.95. The summed E-state index contributed by atoms with van der Waals surface area (Å²) in [4.78, 5) is 0. The molecule has 0 saturated carbocycles. The molecule has 4 aromatic rings. The standard InChI is InChI=1S/C16H11N3O/c1-3-7-12(8-4-1)15-14-11-17-20-16(14)19(18-15)13-9-5-2-6-10-13/h1-11H. The van der Waals surface area contributed by atoms with Gasteiger partial charge in [-0.15, -0.1) is 0 Å². The van der Waals surface area contributed by atoms with Gasteiger partial charge in [0.05, 0.1) is 17.3 Å². The molecule has 0 atom stereocenters. The lowest BCUT2D eigenvalue weighted by Gasteiger charge is -2.00. The van der Waals surface area contributed by atoms with Crippen LogP contribution in [0.3, 0.4) is 0 Å². The Labute approximate surface area is 115 Å². The Morgan fingerprint density at radius 2 is 1.55 bits per heavy atom. The Morgan fingerprint density at radius 3 is 2.30 bits per heavy atom. The highest BCUT2D eigenvalue weighted by Gasteiger charge is 2.16. The summed E-state index contributed by atoms with van der Waals surface area (Å²) in [7, 11) is 0. The third kappa shape index (κ3) is 1.62. The van der Waals surface area contributed by atoms with Crippen LogP contribution >= 0.6 is 0 Å². The molecule has 0 saturated heterocycles. The zero-order valence-corrected chi connectivity index (χ0v) is 10.6. The minimum Gasteiger partial charge on any atom is -0.336 e. The van der Waals surface area contributed by atoms with Crippen LogP contribution in [-0.4, -0.2) is 14.9 Å². The first-order chi connectivity index (χ1) is 9.93. The number of fused-ring (bicyclic) bond motifs is 1. The summed E-state index contributed by atoms with van der Waals surface area (Å²) in [6.07, 6.45) is 1.71. The molecule has 4 nitrogen and oxygen atoms in total. The van der Waals surface area contributed by atoms with Gasteiger partial charge in [-0.05, 0) is 12.1 Å². The molecule has 0 unspecified atom stereocenters. The van der Waals surface area contributed by atoms with E-state index in [9.17, 15) is 0 Å². The van der Waals surface area contributed by atoms with Crippen LogP contribution in [0.2, 0.25) is 0 Å². The van der Waals surface area contributed by atoms with Gasteiger partial charge < -0.3 is 4.52 Å². The summed E-state index contributed by atoms with van der Waals surface area (Å²) in [6.45, 7) is 0. The number of rotatable bonds is 2. The zero-order valence-electron chi connectivity index (χ0n) is 10.6. The Morgan fingerprint density at radius 1 is 0.850 bits per heavy atom. The molecule has 0 bridgehead atoms. The second-order valence-electron chi connectivity index (χ2n) is 4.51. The maximum Gasteiger partial charge on any atom is 0.261 e. The average molecular weight is 261 g/mol. The molecule has 2 aromatic carbocycles. The molecule has 2 heterocycles. The first-order valence-electron chi connectivity index (χ1n) is 6.38. The van der Waals surface area contributed by atoms with Gasteiger partial charge in [-0.25, -0.2) is 0 Å². The summed E-state index contributed by atoms with van der Waals surface area (Å²) in [5.41, 5.74) is 3.55. The van der Waals surface area contributed by atoms with Crippen molar-refractivity contribution < 1.29 is 4.52 Å². The van der Waals surface area contributed by atoms with Crippen LogP contribution in [0.4, 0.5) is 0 Å². The first kappa shape index (κ1) is 11.0. The van der Waals surface area contributed by atoms with Gasteiger partial charge in [-0.1, -0.05) is 53.7 Å². The molecular weight excluding hydrogens is 250 g/mol. The van der Waals surface area contributed by atoms with Crippen LogP contribution in [0.25, 0.3) is 28.0 Å². The Hall–Kier alpha value is -2.88. The predicted octanol–water partition coefficient (Wildman–Crippen LogP) is 3.68. The number of hydrogen-bond donors (Lipinski definition) is 0. The predicted molar refractivity (Wildman–Crippen MR) is 76.6 cm³/mol. The molecule has 2 aromatic heterocycles. The molecule has 4 heteroatoms. The highest BCUT2D eigenvalue weighted by Crippen LogP contribution is 2.29. The van der Waals surface area contributed by atoms with Gasteiger partial charge in [0, 0.05) is 5.56 Å². The van der Waals surface area contributed by atoms with Crippen molar-refractivity contribution in [2.24, 2.45) is 0 Å². The van der Waals surface area contributed by atoms with Gasteiger partial charge in [-0.3, -0.25) is 0 Å². The van der Waals surface area contributed by atoms with E-state index in [1.807, 2.05) is 60.7 Å². The quantitative estimate of drug-likeness (QED) is 0.553. The van der Waals surface area contributed by atoms with E-state index in [2.05, 4.69) is 10.3 Å². The van der Waals surface area contributed by atoms with E-state index in [4.69, 9.17) is 4.52 Å². The van der Waals surface area contributed by atoms with Crippen LogP contribution in [0.5, 0.6) is 0 Å². The normalized spacial score (nSPS) is 11.0. The number of benzene rings is 2. The first-order valence-corrected chi connectivity index (χ1v) is 6.38. The summed E-state index contributed by atoms with van der Waals surface area (Å²) >= 11 is 0. The van der Waals surface area contributed by atoms with Crippen LogP contribution < -0.4 is 0 Å². The Balaban J connectivity index is 1.99. The fourth-order valence-electron chi connectivity index (χ4n) is 2.30. The molecular formula is C16H11N3O. The highest BCUT2D eigenvalue weighted by atomic mass is 16.5. The maximum absolute atomic E-state index is 5.36. The minimum absolute atomic E-state index is 0.662. The van der Waals surface area contributed by atoms with Crippen molar-refractivity contribution in [1.29, 1.82) is 0 Å². The molecule has 0 amide bonds. The minimum atomic E-state index is 0.662.